The van der Waals surface area contributed by atoms with Crippen LogP contribution >= 0.6 is 0 Å². The van der Waals surface area contributed by atoms with Gasteiger partial charge >= 0.3 is 0 Å². The van der Waals surface area contributed by atoms with Gasteiger partial charge in [0.05, 0.1) is 6.10 Å². The van der Waals surface area contributed by atoms with E-state index in [0.717, 1.165) is 29.5 Å². The molecule has 2 aliphatic rings. The van der Waals surface area contributed by atoms with Crippen LogP contribution in [0.25, 0.3) is 16.7 Å². The van der Waals surface area contributed by atoms with E-state index in [2.05, 4.69) is 54.6 Å². The maximum absolute atomic E-state index is 6.42. The molecule has 5 rings (SSSR count). The van der Waals surface area contributed by atoms with Crippen LogP contribution in [0.5, 0.6) is 0 Å². The van der Waals surface area contributed by atoms with E-state index in [1.165, 1.54) is 11.1 Å². The topological polar surface area (TPSA) is 27.7 Å². The molecule has 3 aromatic carbocycles. The molecule has 0 aromatic heterocycles. The molecular formula is C26H24O3. The number of benzene rings is 3. The minimum absolute atomic E-state index is 0.0391. The quantitative estimate of drug-likeness (QED) is 0.509. The molecule has 1 fully saturated rings. The average Bonchev–Trinajstić information content (AvgIpc) is 2.80. The Morgan fingerprint density at radius 2 is 1.38 bits per heavy atom. The van der Waals surface area contributed by atoms with Gasteiger partial charge in [-0.15, -0.1) is 0 Å². The molecule has 1 unspecified atom stereocenters. The van der Waals surface area contributed by atoms with E-state index in [0.29, 0.717) is 0 Å². The first-order chi connectivity index (χ1) is 14.2. The van der Waals surface area contributed by atoms with Crippen molar-refractivity contribution in [3.8, 4) is 11.1 Å². The highest BCUT2D eigenvalue weighted by molar-refractivity contribution is 5.73. The Labute approximate surface area is 171 Å². The Hall–Kier alpha value is -2.72. The molecule has 0 radical (unpaired) electrons. The van der Waals surface area contributed by atoms with Gasteiger partial charge in [0, 0.05) is 5.56 Å². The number of ether oxygens (including phenoxy) is 1. The zero-order chi connectivity index (χ0) is 19.7. The second kappa shape index (κ2) is 7.60. The lowest BCUT2D eigenvalue weighted by atomic mass is 9.87. The summed E-state index contributed by atoms with van der Waals surface area (Å²) in [5, 5.41) is 0. The number of rotatable bonds is 3. The van der Waals surface area contributed by atoms with Crippen LogP contribution in [-0.4, -0.2) is 12.2 Å². The minimum Gasteiger partial charge on any atom is -0.337 e. The molecule has 3 heteroatoms. The van der Waals surface area contributed by atoms with Crippen LogP contribution in [0.15, 0.2) is 91.0 Å². The first kappa shape index (κ1) is 18.3. The predicted molar refractivity (Wildman–Crippen MR) is 114 cm³/mol. The van der Waals surface area contributed by atoms with Crippen molar-refractivity contribution in [1.29, 1.82) is 0 Å². The molecule has 0 amide bonds. The van der Waals surface area contributed by atoms with E-state index >= 15 is 0 Å². The van der Waals surface area contributed by atoms with Crippen LogP contribution in [0.1, 0.15) is 30.9 Å². The fraction of sp³-hybridized carbons (Fsp3) is 0.231. The summed E-state index contributed by atoms with van der Waals surface area (Å²) < 4.78 is 6.42. The standard InChI is InChI=1S/C26H24O3/c1-26(22-11-6-3-7-12-22)27-24-14-8-13-23(25(24)28-29-26)21-17-15-20(16-18-21)19-9-4-2-5-10-19/h2-7,9-13,15-18,24-25H,8,14H2,1H3/t24-,25-,26?/m0/s1. The molecule has 0 spiro atoms. The molecule has 3 nitrogen and oxygen atoms in total. The third-order valence-corrected chi connectivity index (χ3v) is 5.77. The van der Waals surface area contributed by atoms with E-state index < -0.39 is 5.79 Å². The summed E-state index contributed by atoms with van der Waals surface area (Å²) in [5.41, 5.74) is 5.66. The van der Waals surface area contributed by atoms with Gasteiger partial charge in [-0.1, -0.05) is 91.0 Å². The maximum Gasteiger partial charge on any atom is 0.225 e. The van der Waals surface area contributed by atoms with Crippen LogP contribution < -0.4 is 0 Å². The summed E-state index contributed by atoms with van der Waals surface area (Å²) in [6.07, 6.45) is 3.87. The van der Waals surface area contributed by atoms with Gasteiger partial charge in [-0.3, -0.25) is 0 Å². The predicted octanol–water partition coefficient (Wildman–Crippen LogP) is 6.12. The third kappa shape index (κ3) is 3.53. The van der Waals surface area contributed by atoms with Gasteiger partial charge < -0.3 is 4.74 Å². The summed E-state index contributed by atoms with van der Waals surface area (Å²) in [4.78, 5) is 11.7. The number of fused-ring (bicyclic) bond motifs is 1. The molecular weight excluding hydrogens is 360 g/mol. The van der Waals surface area contributed by atoms with E-state index in [-0.39, 0.29) is 12.2 Å². The van der Waals surface area contributed by atoms with Crippen molar-refractivity contribution in [3.63, 3.8) is 0 Å². The Morgan fingerprint density at radius 1 is 0.759 bits per heavy atom. The molecule has 1 saturated heterocycles. The molecule has 1 heterocycles. The van der Waals surface area contributed by atoms with Gasteiger partial charge in [0.25, 0.3) is 0 Å². The highest BCUT2D eigenvalue weighted by Gasteiger charge is 2.45. The monoisotopic (exact) mass is 384 g/mol. The van der Waals surface area contributed by atoms with Crippen molar-refractivity contribution in [2.45, 2.75) is 37.8 Å². The molecule has 146 valence electrons. The van der Waals surface area contributed by atoms with Gasteiger partial charge in [-0.05, 0) is 42.0 Å². The molecule has 1 aliphatic carbocycles. The van der Waals surface area contributed by atoms with Crippen LogP contribution in [0.3, 0.4) is 0 Å². The molecule has 0 saturated carbocycles. The van der Waals surface area contributed by atoms with E-state index in [9.17, 15) is 0 Å². The largest absolute Gasteiger partial charge is 0.337 e. The van der Waals surface area contributed by atoms with Crippen molar-refractivity contribution in [3.05, 3.63) is 102 Å². The van der Waals surface area contributed by atoms with Crippen LogP contribution in [-0.2, 0) is 20.3 Å². The summed E-state index contributed by atoms with van der Waals surface area (Å²) in [7, 11) is 0. The minimum atomic E-state index is -0.887. The Balaban J connectivity index is 1.37. The van der Waals surface area contributed by atoms with Gasteiger partial charge in [-0.2, -0.15) is 4.89 Å². The van der Waals surface area contributed by atoms with E-state index in [4.69, 9.17) is 14.5 Å². The SMILES string of the molecule is CC1(c2ccccc2)OO[C@H]2C(c3ccc(-c4ccccc4)cc3)=CCC[C@@H]2O1. The second-order valence-electron chi connectivity index (χ2n) is 7.75. The van der Waals surface area contributed by atoms with Crippen molar-refractivity contribution < 1.29 is 14.5 Å². The van der Waals surface area contributed by atoms with Crippen LogP contribution in [0, 0.1) is 0 Å². The van der Waals surface area contributed by atoms with Gasteiger partial charge in [0.1, 0.15) is 6.10 Å². The number of hydrogen-bond acceptors (Lipinski definition) is 3. The van der Waals surface area contributed by atoms with Crippen molar-refractivity contribution in [1.82, 2.24) is 0 Å². The maximum atomic E-state index is 6.42. The molecule has 1 aliphatic heterocycles. The first-order valence-electron chi connectivity index (χ1n) is 10.2. The molecule has 3 atom stereocenters. The smallest absolute Gasteiger partial charge is 0.225 e. The summed E-state index contributed by atoms with van der Waals surface area (Å²) in [6.45, 7) is 1.92. The lowest BCUT2D eigenvalue weighted by molar-refractivity contribution is -0.497. The Kier molecular flexibility index (Phi) is 4.80. The van der Waals surface area contributed by atoms with Crippen molar-refractivity contribution >= 4 is 5.57 Å². The summed E-state index contributed by atoms with van der Waals surface area (Å²) in [5.74, 6) is -0.887. The fourth-order valence-electron chi connectivity index (χ4n) is 4.18. The first-order valence-corrected chi connectivity index (χ1v) is 10.2. The number of allylic oxidation sites excluding steroid dienone is 1. The fourth-order valence-corrected chi connectivity index (χ4v) is 4.18. The van der Waals surface area contributed by atoms with Gasteiger partial charge in [0.2, 0.25) is 5.79 Å². The Morgan fingerprint density at radius 3 is 2.10 bits per heavy atom. The normalized spacial score (nSPS) is 26.4. The summed E-state index contributed by atoms with van der Waals surface area (Å²) in [6, 6.07) is 29.0. The molecule has 0 N–H and O–H groups in total. The average molecular weight is 384 g/mol. The third-order valence-electron chi connectivity index (χ3n) is 5.77. The second-order valence-corrected chi connectivity index (χ2v) is 7.75. The van der Waals surface area contributed by atoms with Gasteiger partial charge in [0.15, 0.2) is 0 Å². The molecule has 29 heavy (non-hydrogen) atoms. The highest BCUT2D eigenvalue weighted by atomic mass is 17.2. The van der Waals surface area contributed by atoms with Gasteiger partial charge in [-0.25, -0.2) is 4.89 Å². The number of hydrogen-bond donors (Lipinski definition) is 0. The van der Waals surface area contributed by atoms with Crippen LogP contribution in [0.2, 0.25) is 0 Å². The zero-order valence-corrected chi connectivity index (χ0v) is 16.5. The van der Waals surface area contributed by atoms with E-state index in [1.54, 1.807) is 0 Å². The van der Waals surface area contributed by atoms with Crippen LogP contribution in [0.4, 0.5) is 0 Å². The lowest BCUT2D eigenvalue weighted by Crippen LogP contribution is -2.48. The highest BCUT2D eigenvalue weighted by Crippen LogP contribution is 2.42. The summed E-state index contributed by atoms with van der Waals surface area (Å²) >= 11 is 0. The lowest BCUT2D eigenvalue weighted by Gasteiger charge is -2.43. The zero-order valence-electron chi connectivity index (χ0n) is 16.5. The van der Waals surface area contributed by atoms with Crippen molar-refractivity contribution in [2.24, 2.45) is 0 Å². The van der Waals surface area contributed by atoms with E-state index in [1.807, 2.05) is 43.3 Å². The Bertz CT molecular complexity index is 995. The molecule has 3 aromatic rings. The molecule has 0 bridgehead atoms. The van der Waals surface area contributed by atoms with Crippen molar-refractivity contribution in [2.75, 3.05) is 0 Å².